The molecule has 29 heavy (non-hydrogen) atoms. The van der Waals surface area contributed by atoms with Crippen molar-refractivity contribution in [1.29, 1.82) is 0 Å². The number of pyridine rings is 1. The van der Waals surface area contributed by atoms with E-state index in [1.807, 2.05) is 54.6 Å². The molecule has 2 aromatic heterocycles. The van der Waals surface area contributed by atoms with E-state index in [0.29, 0.717) is 12.4 Å². The molecule has 1 aliphatic heterocycles. The first-order valence-electron chi connectivity index (χ1n) is 9.75. The molecule has 1 fully saturated rings. The molecular weight excluding hydrogens is 366 g/mol. The number of rotatable bonds is 4. The minimum absolute atomic E-state index is 0.244. The van der Waals surface area contributed by atoms with Crippen molar-refractivity contribution in [3.8, 4) is 17.1 Å². The first-order valence-corrected chi connectivity index (χ1v) is 9.75. The van der Waals surface area contributed by atoms with E-state index in [-0.39, 0.29) is 11.7 Å². The van der Waals surface area contributed by atoms with Crippen LogP contribution >= 0.6 is 0 Å². The number of hydrogen-bond donors (Lipinski definition) is 2. The van der Waals surface area contributed by atoms with Gasteiger partial charge < -0.3 is 10.1 Å². The molecule has 0 spiro atoms. The van der Waals surface area contributed by atoms with Gasteiger partial charge in [-0.3, -0.25) is 0 Å². The van der Waals surface area contributed by atoms with E-state index in [1.165, 1.54) is 0 Å². The number of H-pyrrole nitrogens is 1. The molecule has 146 valence electrons. The van der Waals surface area contributed by atoms with Gasteiger partial charge in [0.05, 0.1) is 18.3 Å². The van der Waals surface area contributed by atoms with Gasteiger partial charge in [-0.05, 0) is 47.9 Å². The Morgan fingerprint density at radius 3 is 2.86 bits per heavy atom. The minimum Gasteiger partial charge on any atom is -0.379 e. The standard InChI is InChI=1S/C22H21N5O2/c28-22-26-25-21(27(22)19-8-7-15-4-1-2-5-16(15)12-19)17-9-10-23-20(13-17)24-18-6-3-11-29-14-18/h1-2,4-5,7-10,12-13,18H,3,6,11,14H2,(H,23,24)(H,26,28). The van der Waals surface area contributed by atoms with E-state index in [1.54, 1.807) is 10.8 Å². The lowest BCUT2D eigenvalue weighted by Crippen LogP contribution is -2.30. The topological polar surface area (TPSA) is 84.8 Å². The van der Waals surface area contributed by atoms with Crippen molar-refractivity contribution < 1.29 is 4.74 Å². The second kappa shape index (κ2) is 7.52. The number of fused-ring (bicyclic) bond motifs is 1. The Balaban J connectivity index is 1.52. The number of hydrogen-bond acceptors (Lipinski definition) is 5. The van der Waals surface area contributed by atoms with E-state index < -0.39 is 0 Å². The van der Waals surface area contributed by atoms with Crippen LogP contribution in [0.5, 0.6) is 0 Å². The number of nitrogens with one attached hydrogen (secondary N) is 2. The van der Waals surface area contributed by atoms with Crippen molar-refractivity contribution >= 4 is 16.6 Å². The van der Waals surface area contributed by atoms with Gasteiger partial charge in [0.25, 0.3) is 0 Å². The zero-order chi connectivity index (χ0) is 19.6. The van der Waals surface area contributed by atoms with Gasteiger partial charge in [0.1, 0.15) is 5.82 Å². The lowest BCUT2D eigenvalue weighted by atomic mass is 10.1. The summed E-state index contributed by atoms with van der Waals surface area (Å²) in [5.74, 6) is 1.30. The fourth-order valence-electron chi connectivity index (χ4n) is 3.76. The van der Waals surface area contributed by atoms with Crippen molar-refractivity contribution in [2.24, 2.45) is 0 Å². The molecule has 7 heteroatoms. The quantitative estimate of drug-likeness (QED) is 0.561. The third-order valence-corrected chi connectivity index (χ3v) is 5.19. The molecule has 2 N–H and O–H groups in total. The van der Waals surface area contributed by atoms with Crippen molar-refractivity contribution in [2.75, 3.05) is 18.5 Å². The number of anilines is 1. The Morgan fingerprint density at radius 2 is 2.00 bits per heavy atom. The number of benzene rings is 2. The molecule has 5 rings (SSSR count). The maximum absolute atomic E-state index is 12.5. The normalized spacial score (nSPS) is 16.8. The average Bonchev–Trinajstić information content (AvgIpc) is 3.16. The third kappa shape index (κ3) is 3.52. The van der Waals surface area contributed by atoms with Gasteiger partial charge in [-0.15, -0.1) is 0 Å². The molecule has 4 aromatic rings. The van der Waals surface area contributed by atoms with Crippen LogP contribution in [0.25, 0.3) is 27.8 Å². The molecule has 1 saturated heterocycles. The van der Waals surface area contributed by atoms with Crippen LogP contribution in [-0.2, 0) is 4.74 Å². The maximum atomic E-state index is 12.5. The highest BCUT2D eigenvalue weighted by Crippen LogP contribution is 2.24. The molecule has 0 aliphatic carbocycles. The fourth-order valence-corrected chi connectivity index (χ4v) is 3.76. The van der Waals surface area contributed by atoms with Crippen LogP contribution in [0.3, 0.4) is 0 Å². The Bertz CT molecular complexity index is 1210. The number of nitrogens with zero attached hydrogens (tertiary/aromatic N) is 3. The number of aromatic amines is 1. The monoisotopic (exact) mass is 387 g/mol. The summed E-state index contributed by atoms with van der Waals surface area (Å²) in [6.45, 7) is 1.49. The summed E-state index contributed by atoms with van der Waals surface area (Å²) in [7, 11) is 0. The van der Waals surface area contributed by atoms with Gasteiger partial charge in [-0.1, -0.05) is 30.3 Å². The Hall–Kier alpha value is -3.45. The molecule has 1 unspecified atom stereocenters. The largest absolute Gasteiger partial charge is 0.379 e. The molecule has 0 bridgehead atoms. The van der Waals surface area contributed by atoms with Crippen LogP contribution in [0, 0.1) is 0 Å². The second-order valence-corrected chi connectivity index (χ2v) is 7.21. The molecule has 2 aromatic carbocycles. The molecule has 0 saturated carbocycles. The van der Waals surface area contributed by atoms with Gasteiger partial charge in [-0.25, -0.2) is 19.4 Å². The van der Waals surface area contributed by atoms with Crippen LogP contribution in [0.1, 0.15) is 12.8 Å². The van der Waals surface area contributed by atoms with E-state index in [9.17, 15) is 4.79 Å². The lowest BCUT2D eigenvalue weighted by Gasteiger charge is -2.23. The van der Waals surface area contributed by atoms with Crippen LogP contribution in [-0.4, -0.2) is 39.0 Å². The summed E-state index contributed by atoms with van der Waals surface area (Å²) in [5, 5.41) is 12.5. The first kappa shape index (κ1) is 17.6. The summed E-state index contributed by atoms with van der Waals surface area (Å²) in [4.78, 5) is 17.0. The van der Waals surface area contributed by atoms with Crippen LogP contribution in [0.15, 0.2) is 65.6 Å². The highest BCUT2D eigenvalue weighted by atomic mass is 16.5. The van der Waals surface area contributed by atoms with Crippen molar-refractivity contribution in [1.82, 2.24) is 19.7 Å². The van der Waals surface area contributed by atoms with Gasteiger partial charge >= 0.3 is 5.69 Å². The summed E-state index contributed by atoms with van der Waals surface area (Å²) >= 11 is 0. The SMILES string of the molecule is O=c1[nH]nc(-c2ccnc(NC3CCCOC3)c2)n1-c1ccc2ccccc2c1. The molecular formula is C22H21N5O2. The Labute approximate surface area is 167 Å². The Kier molecular flexibility index (Phi) is 4.57. The predicted octanol–water partition coefficient (Wildman–Crippen LogP) is 3.37. The van der Waals surface area contributed by atoms with Gasteiger partial charge in [0.15, 0.2) is 5.82 Å². The maximum Gasteiger partial charge on any atom is 0.348 e. The van der Waals surface area contributed by atoms with Gasteiger partial charge in [0, 0.05) is 18.4 Å². The summed E-state index contributed by atoms with van der Waals surface area (Å²) < 4.78 is 7.12. The summed E-state index contributed by atoms with van der Waals surface area (Å²) in [6.07, 6.45) is 3.82. The highest BCUT2D eigenvalue weighted by molar-refractivity contribution is 5.84. The van der Waals surface area contributed by atoms with E-state index in [2.05, 4.69) is 20.5 Å². The van der Waals surface area contributed by atoms with Gasteiger partial charge in [0.2, 0.25) is 0 Å². The number of ether oxygens (including phenoxy) is 1. The molecule has 1 atom stereocenters. The minimum atomic E-state index is -0.276. The van der Waals surface area contributed by atoms with E-state index in [4.69, 9.17) is 4.74 Å². The molecule has 1 aliphatic rings. The van der Waals surface area contributed by atoms with Crippen LogP contribution < -0.4 is 11.0 Å². The molecule has 0 amide bonds. The molecule has 0 radical (unpaired) electrons. The van der Waals surface area contributed by atoms with Crippen LogP contribution in [0.4, 0.5) is 5.82 Å². The highest BCUT2D eigenvalue weighted by Gasteiger charge is 2.16. The summed E-state index contributed by atoms with van der Waals surface area (Å²) in [5.41, 5.74) is 1.30. The van der Waals surface area contributed by atoms with E-state index >= 15 is 0 Å². The average molecular weight is 387 g/mol. The van der Waals surface area contributed by atoms with Crippen molar-refractivity contribution in [2.45, 2.75) is 18.9 Å². The smallest absolute Gasteiger partial charge is 0.348 e. The number of aromatic nitrogens is 4. The predicted molar refractivity (Wildman–Crippen MR) is 112 cm³/mol. The zero-order valence-corrected chi connectivity index (χ0v) is 15.8. The zero-order valence-electron chi connectivity index (χ0n) is 15.8. The molecule has 7 nitrogen and oxygen atoms in total. The first-order chi connectivity index (χ1) is 14.3. The second-order valence-electron chi connectivity index (χ2n) is 7.21. The van der Waals surface area contributed by atoms with Gasteiger partial charge in [-0.2, -0.15) is 5.10 Å². The fraction of sp³-hybridized carbons (Fsp3) is 0.227. The summed E-state index contributed by atoms with van der Waals surface area (Å²) in [6, 6.07) is 18.0. The molecule has 3 heterocycles. The van der Waals surface area contributed by atoms with E-state index in [0.717, 1.165) is 47.3 Å². The van der Waals surface area contributed by atoms with Crippen molar-refractivity contribution in [3.63, 3.8) is 0 Å². The lowest BCUT2D eigenvalue weighted by molar-refractivity contribution is 0.0875. The Morgan fingerprint density at radius 1 is 1.10 bits per heavy atom. The van der Waals surface area contributed by atoms with Crippen molar-refractivity contribution in [3.05, 3.63) is 71.3 Å². The van der Waals surface area contributed by atoms with Crippen LogP contribution in [0.2, 0.25) is 0 Å². The third-order valence-electron chi connectivity index (χ3n) is 5.19.